The van der Waals surface area contributed by atoms with Crippen LogP contribution < -0.4 is 10.2 Å². The summed E-state index contributed by atoms with van der Waals surface area (Å²) in [5, 5.41) is 3.44. The third kappa shape index (κ3) is 3.22. The molecule has 1 N–H and O–H groups in total. The monoisotopic (exact) mass is 232 g/mol. The molecule has 2 nitrogen and oxygen atoms in total. The molecule has 1 aromatic carbocycles. The van der Waals surface area contributed by atoms with Gasteiger partial charge in [0.25, 0.3) is 0 Å². The number of hydrogen-bond donors (Lipinski definition) is 1. The first-order chi connectivity index (χ1) is 7.96. The maximum atomic E-state index is 3.44. The van der Waals surface area contributed by atoms with Crippen LogP contribution in [0.5, 0.6) is 0 Å². The lowest BCUT2D eigenvalue weighted by Crippen LogP contribution is -2.53. The first-order valence-corrected chi connectivity index (χ1v) is 6.54. The molecule has 1 heterocycles. The van der Waals surface area contributed by atoms with Crippen LogP contribution in [0.25, 0.3) is 0 Å². The molecule has 0 spiro atoms. The third-order valence-electron chi connectivity index (χ3n) is 3.25. The summed E-state index contributed by atoms with van der Waals surface area (Å²) in [6, 6.07) is 9.50. The van der Waals surface area contributed by atoms with E-state index >= 15 is 0 Å². The number of anilines is 1. The average molecular weight is 232 g/mol. The lowest BCUT2D eigenvalue weighted by atomic mass is 9.84. The van der Waals surface area contributed by atoms with Crippen LogP contribution in [0, 0.1) is 5.41 Å². The van der Waals surface area contributed by atoms with Crippen molar-refractivity contribution in [2.24, 2.45) is 5.41 Å². The van der Waals surface area contributed by atoms with Crippen molar-refractivity contribution < 1.29 is 0 Å². The number of hydrogen-bond acceptors (Lipinski definition) is 2. The second kappa shape index (κ2) is 4.69. The maximum Gasteiger partial charge on any atom is 0.0366 e. The molecule has 0 unspecified atom stereocenters. The topological polar surface area (TPSA) is 15.3 Å². The Bertz CT molecular complexity index is 357. The zero-order chi connectivity index (χ0) is 12.5. The second-order valence-corrected chi connectivity index (χ2v) is 6.22. The molecule has 1 saturated heterocycles. The van der Waals surface area contributed by atoms with Crippen LogP contribution >= 0.6 is 0 Å². The molecule has 0 radical (unpaired) electrons. The second-order valence-electron chi connectivity index (χ2n) is 6.22. The Morgan fingerprint density at radius 1 is 1.18 bits per heavy atom. The average Bonchev–Trinajstić information content (AvgIpc) is 2.24. The molecule has 0 aromatic heterocycles. The van der Waals surface area contributed by atoms with Gasteiger partial charge in [-0.05, 0) is 23.1 Å². The maximum absolute atomic E-state index is 3.44. The van der Waals surface area contributed by atoms with Crippen LogP contribution in [-0.2, 0) is 6.54 Å². The van der Waals surface area contributed by atoms with Gasteiger partial charge in [-0.25, -0.2) is 0 Å². The summed E-state index contributed by atoms with van der Waals surface area (Å²) >= 11 is 0. The van der Waals surface area contributed by atoms with Crippen molar-refractivity contribution in [3.63, 3.8) is 0 Å². The highest BCUT2D eigenvalue weighted by atomic mass is 15.2. The molecule has 1 aliphatic heterocycles. The van der Waals surface area contributed by atoms with E-state index in [2.05, 4.69) is 62.2 Å². The van der Waals surface area contributed by atoms with Gasteiger partial charge in [-0.3, -0.25) is 0 Å². The summed E-state index contributed by atoms with van der Waals surface area (Å²) in [7, 11) is 0. The largest absolute Gasteiger partial charge is 0.370 e. The fraction of sp³-hybridized carbons (Fsp3) is 0.600. The van der Waals surface area contributed by atoms with Crippen LogP contribution in [0.15, 0.2) is 24.3 Å². The van der Waals surface area contributed by atoms with Crippen molar-refractivity contribution in [2.75, 3.05) is 18.0 Å². The molecule has 2 rings (SSSR count). The fourth-order valence-corrected chi connectivity index (χ4v) is 2.32. The van der Waals surface area contributed by atoms with Gasteiger partial charge in [0, 0.05) is 31.4 Å². The first-order valence-electron chi connectivity index (χ1n) is 6.54. The van der Waals surface area contributed by atoms with E-state index in [0.717, 1.165) is 6.54 Å². The van der Waals surface area contributed by atoms with Gasteiger partial charge in [0.2, 0.25) is 0 Å². The molecule has 0 amide bonds. The molecular formula is C15H24N2. The summed E-state index contributed by atoms with van der Waals surface area (Å²) in [6.07, 6.45) is 0. The number of rotatable bonds is 4. The molecule has 1 fully saturated rings. The van der Waals surface area contributed by atoms with E-state index in [1.54, 1.807) is 0 Å². The van der Waals surface area contributed by atoms with Gasteiger partial charge in [-0.1, -0.05) is 39.8 Å². The van der Waals surface area contributed by atoms with Gasteiger partial charge in [-0.2, -0.15) is 0 Å². The summed E-state index contributed by atoms with van der Waals surface area (Å²) < 4.78 is 0. The minimum atomic E-state index is 0.498. The zero-order valence-electron chi connectivity index (χ0n) is 11.5. The fourth-order valence-electron chi connectivity index (χ4n) is 2.32. The molecule has 94 valence electrons. The molecule has 1 aliphatic rings. The summed E-state index contributed by atoms with van der Waals surface area (Å²) in [6.45, 7) is 12.3. The first kappa shape index (κ1) is 12.4. The van der Waals surface area contributed by atoms with E-state index < -0.39 is 0 Å². The van der Waals surface area contributed by atoms with Crippen LogP contribution in [-0.4, -0.2) is 19.1 Å². The van der Waals surface area contributed by atoms with Gasteiger partial charge >= 0.3 is 0 Å². The molecule has 0 aliphatic carbocycles. The van der Waals surface area contributed by atoms with E-state index in [0.29, 0.717) is 11.5 Å². The van der Waals surface area contributed by atoms with Gasteiger partial charge in [-0.15, -0.1) is 0 Å². The van der Waals surface area contributed by atoms with Gasteiger partial charge < -0.3 is 10.2 Å². The van der Waals surface area contributed by atoms with Gasteiger partial charge in [0.15, 0.2) is 0 Å². The Labute approximate surface area is 105 Å². The molecule has 0 saturated carbocycles. The lowest BCUT2D eigenvalue weighted by molar-refractivity contribution is 0.276. The predicted octanol–water partition coefficient (Wildman–Crippen LogP) is 3.03. The Balaban J connectivity index is 1.90. The normalized spacial score (nSPS) is 18.3. The predicted molar refractivity (Wildman–Crippen MR) is 74.4 cm³/mol. The van der Waals surface area contributed by atoms with E-state index in [1.165, 1.54) is 24.3 Å². The molecule has 17 heavy (non-hydrogen) atoms. The zero-order valence-corrected chi connectivity index (χ0v) is 11.5. The molecule has 1 aromatic rings. The Morgan fingerprint density at radius 3 is 2.24 bits per heavy atom. The van der Waals surface area contributed by atoms with Crippen LogP contribution in [0.4, 0.5) is 5.69 Å². The van der Waals surface area contributed by atoms with E-state index in [4.69, 9.17) is 0 Å². The lowest BCUT2D eigenvalue weighted by Gasteiger charge is -2.47. The standard InChI is InChI=1S/C15H24N2/c1-12(2)16-9-13-5-7-14(8-6-13)17-10-15(3,4)11-17/h5-8,12,16H,9-11H2,1-4H3. The van der Waals surface area contributed by atoms with Crippen LogP contribution in [0.3, 0.4) is 0 Å². The highest BCUT2D eigenvalue weighted by Crippen LogP contribution is 2.33. The van der Waals surface area contributed by atoms with Gasteiger partial charge in [0.1, 0.15) is 0 Å². The van der Waals surface area contributed by atoms with Crippen molar-refractivity contribution in [2.45, 2.75) is 40.3 Å². The van der Waals surface area contributed by atoms with E-state index in [-0.39, 0.29) is 0 Å². The molecule has 2 heteroatoms. The number of benzene rings is 1. The Morgan fingerprint density at radius 2 is 1.76 bits per heavy atom. The summed E-state index contributed by atoms with van der Waals surface area (Å²) in [4.78, 5) is 2.44. The van der Waals surface area contributed by atoms with Gasteiger partial charge in [0.05, 0.1) is 0 Å². The van der Waals surface area contributed by atoms with Crippen molar-refractivity contribution >= 4 is 5.69 Å². The number of nitrogens with one attached hydrogen (secondary N) is 1. The number of nitrogens with zero attached hydrogens (tertiary/aromatic N) is 1. The molecular weight excluding hydrogens is 208 g/mol. The molecule has 0 bridgehead atoms. The summed E-state index contributed by atoms with van der Waals surface area (Å²) in [5.41, 5.74) is 3.22. The van der Waals surface area contributed by atoms with E-state index in [1.807, 2.05) is 0 Å². The van der Waals surface area contributed by atoms with E-state index in [9.17, 15) is 0 Å². The SMILES string of the molecule is CC(C)NCc1ccc(N2CC(C)(C)C2)cc1. The van der Waals surface area contributed by atoms with Crippen LogP contribution in [0.1, 0.15) is 33.3 Å². The van der Waals surface area contributed by atoms with Crippen LogP contribution in [0.2, 0.25) is 0 Å². The molecule has 0 atom stereocenters. The van der Waals surface area contributed by atoms with Crippen molar-refractivity contribution in [1.29, 1.82) is 0 Å². The highest BCUT2D eigenvalue weighted by molar-refractivity contribution is 5.50. The minimum absolute atomic E-state index is 0.498. The third-order valence-corrected chi connectivity index (χ3v) is 3.25. The Hall–Kier alpha value is -1.02. The van der Waals surface area contributed by atoms with Crippen molar-refractivity contribution in [3.8, 4) is 0 Å². The van der Waals surface area contributed by atoms with Crippen molar-refractivity contribution in [1.82, 2.24) is 5.32 Å². The van der Waals surface area contributed by atoms with Crippen molar-refractivity contribution in [3.05, 3.63) is 29.8 Å². The quantitative estimate of drug-likeness (QED) is 0.858. The Kier molecular flexibility index (Phi) is 3.43. The smallest absolute Gasteiger partial charge is 0.0366 e. The highest BCUT2D eigenvalue weighted by Gasteiger charge is 2.33. The summed E-state index contributed by atoms with van der Waals surface area (Å²) in [5.74, 6) is 0. The minimum Gasteiger partial charge on any atom is -0.370 e.